The fourth-order valence-electron chi connectivity index (χ4n) is 3.68. The van der Waals surface area contributed by atoms with Crippen LogP contribution in [0.2, 0.25) is 0 Å². The minimum atomic E-state index is 0. The van der Waals surface area contributed by atoms with E-state index in [-0.39, 0.29) is 23.7 Å². The molecule has 0 radical (unpaired) electrons. The number of fused-ring (bicyclic) bond motifs is 1. The minimum absolute atomic E-state index is 0. The van der Waals surface area contributed by atoms with Gasteiger partial charge >= 0.3 is 0 Å². The van der Waals surface area contributed by atoms with E-state index in [2.05, 4.69) is 146 Å². The predicted octanol–water partition coefficient (Wildman–Crippen LogP) is 10.1. The van der Waals surface area contributed by atoms with Crippen LogP contribution >= 0.6 is 0 Å². The number of rotatable bonds is 0. The second-order valence-electron chi connectivity index (χ2n) is 12.7. The average molecular weight is 499 g/mol. The van der Waals surface area contributed by atoms with Crippen molar-refractivity contribution in [3.63, 3.8) is 0 Å². The summed E-state index contributed by atoms with van der Waals surface area (Å²) in [6.45, 7) is 24.0. The molecule has 4 aromatic rings. The Kier molecular flexibility index (Phi) is 11.2. The van der Waals surface area contributed by atoms with E-state index in [1.165, 1.54) is 33.2 Å². The van der Waals surface area contributed by atoms with Crippen molar-refractivity contribution in [2.45, 2.75) is 99.8 Å². The van der Waals surface area contributed by atoms with Gasteiger partial charge < -0.3 is 0 Å². The summed E-state index contributed by atoms with van der Waals surface area (Å²) in [5, 5.41) is 2.54. The fraction of sp³-hybridized carbons (Fsp3) is 0.429. The fourth-order valence-corrected chi connectivity index (χ4v) is 3.68. The molecule has 2 heterocycles. The number of nitrogens with zero attached hydrogens (tertiary/aromatic N) is 2. The maximum absolute atomic E-state index is 4.48. The maximum Gasteiger partial charge on any atom is 0.0535 e. The highest BCUT2D eigenvalue weighted by Crippen LogP contribution is 2.27. The van der Waals surface area contributed by atoms with Gasteiger partial charge in [-0.2, -0.15) is 0 Å². The molecule has 0 atom stereocenters. The first-order valence-corrected chi connectivity index (χ1v) is 12.9. The zero-order valence-electron chi connectivity index (χ0n) is 24.4. The smallest absolute Gasteiger partial charge is 0.0535 e. The van der Waals surface area contributed by atoms with Gasteiger partial charge in [0, 0.05) is 28.9 Å². The lowest BCUT2D eigenvalue weighted by molar-refractivity contribution is 0.575. The first-order valence-electron chi connectivity index (χ1n) is 12.9. The summed E-state index contributed by atoms with van der Waals surface area (Å²) in [5.41, 5.74) is 6.91. The largest absolute Gasteiger partial charge is 0.261 e. The number of benzene rings is 2. The van der Waals surface area contributed by atoms with E-state index >= 15 is 0 Å². The Morgan fingerprint density at radius 1 is 0.541 bits per heavy atom. The van der Waals surface area contributed by atoms with Crippen LogP contribution < -0.4 is 0 Å². The van der Waals surface area contributed by atoms with Crippen molar-refractivity contribution in [2.24, 2.45) is 0 Å². The van der Waals surface area contributed by atoms with Crippen molar-refractivity contribution in [3.05, 3.63) is 107 Å². The Morgan fingerprint density at radius 3 is 1.57 bits per heavy atom. The van der Waals surface area contributed by atoms with Crippen LogP contribution in [0.25, 0.3) is 10.8 Å². The van der Waals surface area contributed by atoms with Crippen molar-refractivity contribution in [2.75, 3.05) is 0 Å². The monoisotopic (exact) mass is 498 g/mol. The van der Waals surface area contributed by atoms with Gasteiger partial charge in [0.05, 0.1) is 5.69 Å². The van der Waals surface area contributed by atoms with E-state index in [0.717, 1.165) is 5.69 Å². The molecule has 200 valence electrons. The lowest BCUT2D eigenvalue weighted by Gasteiger charge is -2.19. The van der Waals surface area contributed by atoms with Crippen LogP contribution in [0.1, 0.15) is 97.8 Å². The van der Waals surface area contributed by atoms with Gasteiger partial charge in [0.25, 0.3) is 0 Å². The maximum atomic E-state index is 4.48. The predicted molar refractivity (Wildman–Crippen MR) is 165 cm³/mol. The highest BCUT2D eigenvalue weighted by molar-refractivity contribution is 5.85. The molecule has 0 aliphatic carbocycles. The SMILES string of the molecule is C.CC(C)(C)c1nccc2ccccc12.Cc1ccc(C(C)(C)C)cc1.Cc1ccc(C(C)(C)C)cn1. The molecule has 2 aromatic heterocycles. The molecule has 0 aliphatic rings. The summed E-state index contributed by atoms with van der Waals surface area (Å²) in [6, 6.07) is 23.4. The molecular formula is C35H50N2. The van der Waals surface area contributed by atoms with Gasteiger partial charge in [-0.1, -0.05) is 130 Å². The van der Waals surface area contributed by atoms with Gasteiger partial charge in [0.15, 0.2) is 0 Å². The van der Waals surface area contributed by atoms with Crippen LogP contribution in [-0.4, -0.2) is 9.97 Å². The Labute approximate surface area is 227 Å². The Bertz CT molecular complexity index is 1150. The molecule has 0 amide bonds. The van der Waals surface area contributed by atoms with Crippen LogP contribution in [0, 0.1) is 13.8 Å². The van der Waals surface area contributed by atoms with E-state index in [0.29, 0.717) is 0 Å². The first-order chi connectivity index (χ1) is 16.6. The van der Waals surface area contributed by atoms with E-state index in [1.54, 1.807) is 0 Å². The van der Waals surface area contributed by atoms with Gasteiger partial charge in [-0.3, -0.25) is 9.97 Å². The van der Waals surface area contributed by atoms with Gasteiger partial charge in [-0.05, 0) is 53.3 Å². The second kappa shape index (κ2) is 13.0. The molecule has 0 saturated heterocycles. The lowest BCUT2D eigenvalue weighted by atomic mass is 9.87. The first kappa shape index (κ1) is 32.0. The van der Waals surface area contributed by atoms with Crippen molar-refractivity contribution in [1.29, 1.82) is 0 Å². The number of hydrogen-bond acceptors (Lipinski definition) is 2. The van der Waals surface area contributed by atoms with Crippen molar-refractivity contribution >= 4 is 10.8 Å². The van der Waals surface area contributed by atoms with Crippen molar-refractivity contribution in [1.82, 2.24) is 9.97 Å². The quantitative estimate of drug-likeness (QED) is 0.241. The third kappa shape index (κ3) is 10.1. The average Bonchev–Trinajstić information content (AvgIpc) is 2.78. The number of pyridine rings is 2. The van der Waals surface area contributed by atoms with Gasteiger partial charge in [-0.15, -0.1) is 0 Å². The highest BCUT2D eigenvalue weighted by Gasteiger charge is 2.17. The van der Waals surface area contributed by atoms with Crippen molar-refractivity contribution in [3.8, 4) is 0 Å². The molecule has 0 saturated carbocycles. The Morgan fingerprint density at radius 2 is 1.08 bits per heavy atom. The molecule has 0 fully saturated rings. The number of aryl methyl sites for hydroxylation is 2. The summed E-state index contributed by atoms with van der Waals surface area (Å²) < 4.78 is 0. The van der Waals surface area contributed by atoms with Crippen LogP contribution in [0.5, 0.6) is 0 Å². The Balaban J connectivity index is 0.000000277. The summed E-state index contributed by atoms with van der Waals surface area (Å²) in [4.78, 5) is 8.72. The topological polar surface area (TPSA) is 25.8 Å². The second-order valence-corrected chi connectivity index (χ2v) is 12.7. The van der Waals surface area contributed by atoms with Crippen LogP contribution in [-0.2, 0) is 16.2 Å². The summed E-state index contributed by atoms with van der Waals surface area (Å²) in [6.07, 6.45) is 3.85. The van der Waals surface area contributed by atoms with Gasteiger partial charge in [0.2, 0.25) is 0 Å². The normalized spacial score (nSPS) is 11.4. The molecule has 37 heavy (non-hydrogen) atoms. The molecule has 0 spiro atoms. The molecular weight excluding hydrogens is 448 g/mol. The van der Waals surface area contributed by atoms with Crippen LogP contribution in [0.4, 0.5) is 0 Å². The van der Waals surface area contributed by atoms with E-state index in [1.807, 2.05) is 19.3 Å². The minimum Gasteiger partial charge on any atom is -0.261 e. The molecule has 0 bridgehead atoms. The molecule has 2 aromatic carbocycles. The summed E-state index contributed by atoms with van der Waals surface area (Å²) in [5.74, 6) is 0. The van der Waals surface area contributed by atoms with Crippen LogP contribution in [0.3, 0.4) is 0 Å². The zero-order valence-corrected chi connectivity index (χ0v) is 24.4. The third-order valence-corrected chi connectivity index (χ3v) is 6.08. The molecule has 0 N–H and O–H groups in total. The van der Waals surface area contributed by atoms with E-state index < -0.39 is 0 Å². The van der Waals surface area contributed by atoms with Crippen LogP contribution in [0.15, 0.2) is 79.1 Å². The third-order valence-electron chi connectivity index (χ3n) is 6.08. The highest BCUT2D eigenvalue weighted by atomic mass is 14.7. The Hall–Kier alpha value is -3.00. The molecule has 2 heteroatoms. The lowest BCUT2D eigenvalue weighted by Crippen LogP contribution is -2.13. The number of aromatic nitrogens is 2. The summed E-state index contributed by atoms with van der Waals surface area (Å²) >= 11 is 0. The van der Waals surface area contributed by atoms with E-state index in [9.17, 15) is 0 Å². The van der Waals surface area contributed by atoms with Crippen molar-refractivity contribution < 1.29 is 0 Å². The standard InChI is InChI=1S/C13H15N.C11H16.C10H15N.CH4/c1-13(2,3)12-11-7-5-4-6-10(11)8-9-14-12;1-9-5-7-10(8-6-9)11(2,3)4;1-8-5-6-9(7-11-8)10(2,3)4;/h4-9H,1-3H3;5-8H,1-4H3;5-7H,1-4H3;1H4. The molecule has 4 rings (SSSR count). The summed E-state index contributed by atoms with van der Waals surface area (Å²) in [7, 11) is 0. The molecule has 0 aliphatic heterocycles. The zero-order chi connectivity index (χ0) is 27.1. The number of hydrogen-bond donors (Lipinski definition) is 0. The molecule has 0 unspecified atom stereocenters. The van der Waals surface area contributed by atoms with E-state index in [4.69, 9.17) is 0 Å². The van der Waals surface area contributed by atoms with Gasteiger partial charge in [0.1, 0.15) is 0 Å². The molecule has 2 nitrogen and oxygen atoms in total. The van der Waals surface area contributed by atoms with Gasteiger partial charge in [-0.25, -0.2) is 0 Å².